The highest BCUT2D eigenvalue weighted by Crippen LogP contribution is 1.96. The van der Waals surface area contributed by atoms with E-state index in [1.165, 1.54) is 0 Å². The Labute approximate surface area is 66.0 Å². The highest BCUT2D eigenvalue weighted by Gasteiger charge is 2.13. The number of amides is 2. The lowest BCUT2D eigenvalue weighted by Gasteiger charge is -2.05. The lowest BCUT2D eigenvalue weighted by Crippen LogP contribution is -2.37. The average molecular weight is 180 g/mol. The Hall–Kier alpha value is -0.780. The molecule has 0 saturated carbocycles. The van der Waals surface area contributed by atoms with Gasteiger partial charge in [0.1, 0.15) is 0 Å². The van der Waals surface area contributed by atoms with E-state index in [0.29, 0.717) is 0 Å². The molecule has 0 atom stereocenters. The summed E-state index contributed by atoms with van der Waals surface area (Å²) in [7, 11) is -3.50. The smallest absolute Gasteiger partial charge is 0.325 e. The number of nitrogens with two attached hydrogens (primary N) is 1. The van der Waals surface area contributed by atoms with Crippen LogP contribution in [0, 0.1) is 5.92 Å². The molecule has 3 N–H and O–H groups in total. The lowest BCUT2D eigenvalue weighted by atomic mass is 10.3. The van der Waals surface area contributed by atoms with Gasteiger partial charge in [-0.3, -0.25) is 0 Å². The Morgan fingerprint density at radius 2 is 2.00 bits per heavy atom. The summed E-state index contributed by atoms with van der Waals surface area (Å²) in [6.45, 7) is 3.47. The van der Waals surface area contributed by atoms with E-state index >= 15 is 0 Å². The number of rotatable bonds is 3. The van der Waals surface area contributed by atoms with E-state index in [-0.39, 0.29) is 11.7 Å². The first-order valence-electron chi connectivity index (χ1n) is 3.13. The summed E-state index contributed by atoms with van der Waals surface area (Å²) in [4.78, 5) is 10.1. The molecule has 5 nitrogen and oxygen atoms in total. The van der Waals surface area contributed by atoms with Gasteiger partial charge in [0, 0.05) is 0 Å². The van der Waals surface area contributed by atoms with E-state index in [4.69, 9.17) is 0 Å². The molecule has 0 unspecified atom stereocenters. The number of carbonyl (C=O) groups excluding carboxylic acids is 1. The first-order valence-corrected chi connectivity index (χ1v) is 4.78. The number of hydrogen-bond acceptors (Lipinski definition) is 3. The van der Waals surface area contributed by atoms with Gasteiger partial charge in [-0.2, -0.15) is 0 Å². The van der Waals surface area contributed by atoms with Crippen molar-refractivity contribution in [3.05, 3.63) is 0 Å². The first-order chi connectivity index (χ1) is 4.83. The van der Waals surface area contributed by atoms with Gasteiger partial charge in [-0.05, 0) is 5.92 Å². The highest BCUT2D eigenvalue weighted by atomic mass is 32.2. The molecule has 0 aliphatic rings. The second-order valence-electron chi connectivity index (χ2n) is 2.64. The molecule has 6 heteroatoms. The molecule has 2 amide bonds. The number of sulfonamides is 1. The molecule has 0 saturated heterocycles. The van der Waals surface area contributed by atoms with E-state index in [1.54, 1.807) is 18.6 Å². The fourth-order valence-electron chi connectivity index (χ4n) is 0.634. The van der Waals surface area contributed by atoms with Gasteiger partial charge in [-0.15, -0.1) is 0 Å². The van der Waals surface area contributed by atoms with Gasteiger partial charge < -0.3 is 5.73 Å². The fourth-order valence-corrected chi connectivity index (χ4v) is 1.90. The van der Waals surface area contributed by atoms with Crippen molar-refractivity contribution in [3.8, 4) is 0 Å². The standard InChI is InChI=1S/C5H12N2O3S/c1-4(2)3-11(9,10)7-5(6)8/h4H,3H2,1-2H3,(H3,6,7,8). The SMILES string of the molecule is CC(C)CS(=O)(=O)NC(N)=O. The lowest BCUT2D eigenvalue weighted by molar-refractivity contribution is 0.253. The minimum Gasteiger partial charge on any atom is -0.351 e. The predicted octanol–water partition coefficient (Wildman–Crippen LogP) is -0.359. The van der Waals surface area contributed by atoms with Gasteiger partial charge in [-0.1, -0.05) is 13.8 Å². The van der Waals surface area contributed by atoms with Crippen molar-refractivity contribution in [3.63, 3.8) is 0 Å². The van der Waals surface area contributed by atoms with Crippen LogP contribution in [0.2, 0.25) is 0 Å². The molecule has 66 valence electrons. The van der Waals surface area contributed by atoms with Crippen LogP contribution in [0.25, 0.3) is 0 Å². The van der Waals surface area contributed by atoms with Crippen LogP contribution >= 0.6 is 0 Å². The molecule has 0 aromatic rings. The van der Waals surface area contributed by atoms with Crippen molar-refractivity contribution in [2.75, 3.05) is 5.75 Å². The van der Waals surface area contributed by atoms with E-state index < -0.39 is 16.1 Å². The van der Waals surface area contributed by atoms with E-state index in [1.807, 2.05) is 0 Å². The summed E-state index contributed by atoms with van der Waals surface area (Å²) in [5.41, 5.74) is 4.63. The second kappa shape index (κ2) is 3.56. The summed E-state index contributed by atoms with van der Waals surface area (Å²) in [6.07, 6.45) is 0. The number of carbonyl (C=O) groups is 1. The summed E-state index contributed by atoms with van der Waals surface area (Å²) >= 11 is 0. The van der Waals surface area contributed by atoms with E-state index in [0.717, 1.165) is 0 Å². The molecular formula is C5H12N2O3S. The van der Waals surface area contributed by atoms with Gasteiger partial charge >= 0.3 is 6.03 Å². The van der Waals surface area contributed by atoms with Crippen LogP contribution in [0.15, 0.2) is 0 Å². The molecule has 0 aromatic carbocycles. The molecule has 0 aliphatic heterocycles. The molecule has 0 rings (SSSR count). The van der Waals surface area contributed by atoms with E-state index in [9.17, 15) is 13.2 Å². The maximum absolute atomic E-state index is 10.8. The molecule has 0 bridgehead atoms. The minimum absolute atomic E-state index is 0.0214. The van der Waals surface area contributed by atoms with Gasteiger partial charge in [0.05, 0.1) is 5.75 Å². The average Bonchev–Trinajstić information content (AvgIpc) is 1.53. The third-order valence-electron chi connectivity index (χ3n) is 0.809. The predicted molar refractivity (Wildman–Crippen MR) is 41.3 cm³/mol. The quantitative estimate of drug-likeness (QED) is 0.621. The molecule has 0 heterocycles. The number of urea groups is 1. The Bertz CT molecular complexity index is 232. The van der Waals surface area contributed by atoms with Crippen LogP contribution in [0.5, 0.6) is 0 Å². The van der Waals surface area contributed by atoms with Crippen molar-refractivity contribution in [2.24, 2.45) is 11.7 Å². The van der Waals surface area contributed by atoms with Gasteiger partial charge in [-0.25, -0.2) is 17.9 Å². The Balaban J connectivity index is 4.14. The number of hydrogen-bond donors (Lipinski definition) is 2. The summed E-state index contributed by atoms with van der Waals surface area (Å²) in [5.74, 6) is -0.109. The van der Waals surface area contributed by atoms with Crippen LogP contribution in [-0.4, -0.2) is 20.2 Å². The van der Waals surface area contributed by atoms with Gasteiger partial charge in [0.2, 0.25) is 10.0 Å². The Morgan fingerprint density at radius 3 is 2.27 bits per heavy atom. The summed E-state index contributed by atoms with van der Waals surface area (Å²) in [5, 5.41) is 0. The van der Waals surface area contributed by atoms with Crippen LogP contribution in [0.1, 0.15) is 13.8 Å². The maximum Gasteiger partial charge on any atom is 0.325 e. The normalized spacial score (nSPS) is 11.5. The van der Waals surface area contributed by atoms with Crippen molar-refractivity contribution >= 4 is 16.1 Å². The van der Waals surface area contributed by atoms with Crippen LogP contribution in [0.3, 0.4) is 0 Å². The van der Waals surface area contributed by atoms with Crippen LogP contribution in [-0.2, 0) is 10.0 Å². The molecule has 0 aliphatic carbocycles. The van der Waals surface area contributed by atoms with Crippen molar-refractivity contribution in [1.82, 2.24) is 4.72 Å². The van der Waals surface area contributed by atoms with Crippen molar-refractivity contribution < 1.29 is 13.2 Å². The van der Waals surface area contributed by atoms with Crippen molar-refractivity contribution in [1.29, 1.82) is 0 Å². The molecule has 0 radical (unpaired) electrons. The zero-order chi connectivity index (χ0) is 9.07. The third kappa shape index (κ3) is 5.65. The fraction of sp³-hybridized carbons (Fsp3) is 0.800. The topological polar surface area (TPSA) is 89.3 Å². The Morgan fingerprint density at radius 1 is 1.55 bits per heavy atom. The minimum atomic E-state index is -3.50. The highest BCUT2D eigenvalue weighted by molar-refractivity contribution is 7.90. The first kappa shape index (κ1) is 10.2. The van der Waals surface area contributed by atoms with Crippen LogP contribution in [0.4, 0.5) is 4.79 Å². The zero-order valence-electron chi connectivity index (χ0n) is 6.49. The van der Waals surface area contributed by atoms with Gasteiger partial charge in [0.25, 0.3) is 0 Å². The third-order valence-corrected chi connectivity index (χ3v) is 2.43. The zero-order valence-corrected chi connectivity index (χ0v) is 7.31. The monoisotopic (exact) mass is 180 g/mol. The number of primary amides is 1. The second-order valence-corrected chi connectivity index (χ2v) is 4.41. The van der Waals surface area contributed by atoms with Gasteiger partial charge in [0.15, 0.2) is 0 Å². The summed E-state index contributed by atoms with van der Waals surface area (Å²) in [6, 6.07) is -1.04. The molecular weight excluding hydrogens is 168 g/mol. The Kier molecular flexibility index (Phi) is 3.31. The summed E-state index contributed by atoms with van der Waals surface area (Å²) < 4.78 is 23.3. The van der Waals surface area contributed by atoms with Crippen molar-refractivity contribution in [2.45, 2.75) is 13.8 Å². The largest absolute Gasteiger partial charge is 0.351 e. The number of nitrogens with one attached hydrogen (secondary N) is 1. The molecule has 0 aromatic heterocycles. The molecule has 11 heavy (non-hydrogen) atoms. The van der Waals surface area contributed by atoms with Crippen LogP contribution < -0.4 is 10.5 Å². The molecule has 0 fully saturated rings. The molecule has 0 spiro atoms. The maximum atomic E-state index is 10.8. The van der Waals surface area contributed by atoms with E-state index in [2.05, 4.69) is 5.73 Å².